The van der Waals surface area contributed by atoms with Crippen LogP contribution in [0, 0.1) is 0 Å². The normalized spacial score (nSPS) is 12.5. The molecule has 0 saturated heterocycles. The molecule has 13 heavy (non-hydrogen) atoms. The average Bonchev–Trinajstić information content (AvgIpc) is 2.14. The van der Waals surface area contributed by atoms with Gasteiger partial charge in [-0.2, -0.15) is 0 Å². The first-order valence-electron chi connectivity index (χ1n) is 4.82. The fourth-order valence-corrected chi connectivity index (χ4v) is 0.824. The lowest BCUT2D eigenvalue weighted by molar-refractivity contribution is -0.143. The van der Waals surface area contributed by atoms with E-state index in [2.05, 4.69) is 6.92 Å². The number of rotatable bonds is 7. The fraction of sp³-hybridized carbons (Fsp3) is 0.889. The summed E-state index contributed by atoms with van der Waals surface area (Å²) in [6, 6.07) is -0.0845. The number of nitrogens with two attached hydrogens (primary N) is 2. The van der Waals surface area contributed by atoms with Crippen molar-refractivity contribution in [1.29, 1.82) is 0 Å². The Morgan fingerprint density at radius 2 is 2.23 bits per heavy atom. The number of hydrogen-bond donors (Lipinski definition) is 2. The molecule has 1 unspecified atom stereocenters. The Balaban J connectivity index is 3.30. The van der Waals surface area contributed by atoms with Crippen LogP contribution in [0.15, 0.2) is 0 Å². The molecule has 4 heteroatoms. The first-order chi connectivity index (χ1) is 6.20. The lowest BCUT2D eigenvalue weighted by Gasteiger charge is -2.07. The van der Waals surface area contributed by atoms with Crippen LogP contribution in [0.5, 0.6) is 0 Å². The molecular formula is C9H20N2O2. The first kappa shape index (κ1) is 12.4. The predicted octanol–water partition coefficient (Wildman–Crippen LogP) is 0.396. The molecule has 0 fully saturated rings. The van der Waals surface area contributed by atoms with Crippen LogP contribution in [0.4, 0.5) is 0 Å². The Hall–Kier alpha value is -0.610. The van der Waals surface area contributed by atoms with Crippen LogP contribution in [0.25, 0.3) is 0 Å². The lowest BCUT2D eigenvalue weighted by atomic mass is 10.2. The minimum absolute atomic E-state index is 0.0845. The highest BCUT2D eigenvalue weighted by molar-refractivity contribution is 5.69. The van der Waals surface area contributed by atoms with E-state index in [1.807, 2.05) is 0 Å². The quantitative estimate of drug-likeness (QED) is 0.447. The van der Waals surface area contributed by atoms with E-state index < -0.39 is 0 Å². The third kappa shape index (κ3) is 7.74. The summed E-state index contributed by atoms with van der Waals surface area (Å²) in [6.07, 6.45) is 2.95. The summed E-state index contributed by atoms with van der Waals surface area (Å²) < 4.78 is 4.94. The molecule has 0 aromatic rings. The number of ether oxygens (including phenoxy) is 1. The zero-order valence-electron chi connectivity index (χ0n) is 8.29. The van der Waals surface area contributed by atoms with E-state index in [-0.39, 0.29) is 12.0 Å². The minimum Gasteiger partial charge on any atom is -0.466 e. The van der Waals surface area contributed by atoms with Gasteiger partial charge in [-0.15, -0.1) is 0 Å². The van der Waals surface area contributed by atoms with Gasteiger partial charge in [0.2, 0.25) is 0 Å². The SMILES string of the molecule is CCCCOC(=O)CCC(N)CN. The Labute approximate surface area is 79.6 Å². The molecule has 0 aromatic carbocycles. The van der Waals surface area contributed by atoms with E-state index in [9.17, 15) is 4.79 Å². The summed E-state index contributed by atoms with van der Waals surface area (Å²) in [7, 11) is 0. The number of esters is 1. The summed E-state index contributed by atoms with van der Waals surface area (Å²) in [6.45, 7) is 2.99. The minimum atomic E-state index is -0.169. The van der Waals surface area contributed by atoms with E-state index in [4.69, 9.17) is 16.2 Å². The van der Waals surface area contributed by atoms with Gasteiger partial charge in [0, 0.05) is 19.0 Å². The van der Waals surface area contributed by atoms with Gasteiger partial charge in [-0.25, -0.2) is 0 Å². The van der Waals surface area contributed by atoms with Crippen molar-refractivity contribution in [2.45, 2.75) is 38.6 Å². The van der Waals surface area contributed by atoms with Crippen molar-refractivity contribution in [3.8, 4) is 0 Å². The average molecular weight is 188 g/mol. The molecule has 0 aromatic heterocycles. The molecule has 4 nitrogen and oxygen atoms in total. The number of unbranched alkanes of at least 4 members (excludes halogenated alkanes) is 1. The third-order valence-corrected chi connectivity index (χ3v) is 1.78. The Kier molecular flexibility index (Phi) is 7.63. The van der Waals surface area contributed by atoms with Gasteiger partial charge in [-0.05, 0) is 12.8 Å². The van der Waals surface area contributed by atoms with Crippen molar-refractivity contribution in [1.82, 2.24) is 0 Å². The van der Waals surface area contributed by atoms with Gasteiger partial charge in [0.15, 0.2) is 0 Å². The Bertz CT molecular complexity index is 140. The summed E-state index contributed by atoms with van der Waals surface area (Å²) >= 11 is 0. The van der Waals surface area contributed by atoms with Crippen molar-refractivity contribution in [3.63, 3.8) is 0 Å². The van der Waals surface area contributed by atoms with Gasteiger partial charge in [0.25, 0.3) is 0 Å². The molecular weight excluding hydrogens is 168 g/mol. The van der Waals surface area contributed by atoms with Crippen molar-refractivity contribution in [2.24, 2.45) is 11.5 Å². The Morgan fingerprint density at radius 3 is 2.77 bits per heavy atom. The van der Waals surface area contributed by atoms with Crippen molar-refractivity contribution < 1.29 is 9.53 Å². The van der Waals surface area contributed by atoms with Gasteiger partial charge >= 0.3 is 5.97 Å². The number of carbonyl (C=O) groups is 1. The highest BCUT2D eigenvalue weighted by Gasteiger charge is 2.05. The molecule has 4 N–H and O–H groups in total. The zero-order valence-corrected chi connectivity index (χ0v) is 8.29. The highest BCUT2D eigenvalue weighted by atomic mass is 16.5. The van der Waals surface area contributed by atoms with Crippen molar-refractivity contribution in [2.75, 3.05) is 13.2 Å². The van der Waals surface area contributed by atoms with Crippen LogP contribution in [0.1, 0.15) is 32.6 Å². The Morgan fingerprint density at radius 1 is 1.54 bits per heavy atom. The maximum atomic E-state index is 11.0. The second-order valence-electron chi connectivity index (χ2n) is 3.11. The lowest BCUT2D eigenvalue weighted by Crippen LogP contribution is -2.30. The summed E-state index contributed by atoms with van der Waals surface area (Å²) in [5, 5.41) is 0. The number of hydrogen-bond acceptors (Lipinski definition) is 4. The van der Waals surface area contributed by atoms with E-state index in [1.165, 1.54) is 0 Å². The molecule has 0 radical (unpaired) electrons. The summed E-state index contributed by atoms with van der Waals surface area (Å²) in [5.74, 6) is -0.169. The second-order valence-corrected chi connectivity index (χ2v) is 3.11. The summed E-state index contributed by atoms with van der Waals surface area (Å²) in [5.41, 5.74) is 10.8. The molecule has 0 saturated carbocycles. The molecule has 0 amide bonds. The van der Waals surface area contributed by atoms with E-state index in [1.54, 1.807) is 0 Å². The van der Waals surface area contributed by atoms with Gasteiger partial charge < -0.3 is 16.2 Å². The largest absolute Gasteiger partial charge is 0.466 e. The topological polar surface area (TPSA) is 78.3 Å². The summed E-state index contributed by atoms with van der Waals surface area (Å²) in [4.78, 5) is 11.0. The maximum Gasteiger partial charge on any atom is 0.305 e. The molecule has 0 rings (SSSR count). The third-order valence-electron chi connectivity index (χ3n) is 1.78. The van der Waals surface area contributed by atoms with Gasteiger partial charge in [0.05, 0.1) is 6.61 Å². The van der Waals surface area contributed by atoms with Gasteiger partial charge in [0.1, 0.15) is 0 Å². The van der Waals surface area contributed by atoms with Gasteiger partial charge in [-0.3, -0.25) is 4.79 Å². The van der Waals surface area contributed by atoms with E-state index >= 15 is 0 Å². The van der Waals surface area contributed by atoms with E-state index in [0.29, 0.717) is 26.0 Å². The molecule has 0 aliphatic carbocycles. The highest BCUT2D eigenvalue weighted by Crippen LogP contribution is 1.97. The molecule has 0 spiro atoms. The van der Waals surface area contributed by atoms with Crippen LogP contribution >= 0.6 is 0 Å². The molecule has 0 aliphatic heterocycles. The second kappa shape index (κ2) is 8.01. The maximum absolute atomic E-state index is 11.0. The van der Waals surface area contributed by atoms with Crippen LogP contribution in [-0.4, -0.2) is 25.2 Å². The number of carbonyl (C=O) groups excluding carboxylic acids is 1. The fourth-order valence-electron chi connectivity index (χ4n) is 0.824. The smallest absolute Gasteiger partial charge is 0.305 e. The zero-order chi connectivity index (χ0) is 10.1. The first-order valence-corrected chi connectivity index (χ1v) is 4.82. The molecule has 0 bridgehead atoms. The van der Waals surface area contributed by atoms with E-state index in [0.717, 1.165) is 12.8 Å². The van der Waals surface area contributed by atoms with Crippen LogP contribution in [0.2, 0.25) is 0 Å². The molecule has 1 atom stereocenters. The standard InChI is InChI=1S/C9H20N2O2/c1-2-3-6-13-9(12)5-4-8(11)7-10/h8H,2-7,10-11H2,1H3. The van der Waals surface area contributed by atoms with Crippen LogP contribution in [-0.2, 0) is 9.53 Å². The van der Waals surface area contributed by atoms with Crippen molar-refractivity contribution in [3.05, 3.63) is 0 Å². The van der Waals surface area contributed by atoms with Gasteiger partial charge in [-0.1, -0.05) is 13.3 Å². The van der Waals surface area contributed by atoms with Crippen LogP contribution < -0.4 is 11.5 Å². The molecule has 78 valence electrons. The van der Waals surface area contributed by atoms with Crippen LogP contribution in [0.3, 0.4) is 0 Å². The predicted molar refractivity (Wildman–Crippen MR) is 52.1 cm³/mol. The molecule has 0 aliphatic rings. The van der Waals surface area contributed by atoms with Crippen molar-refractivity contribution >= 4 is 5.97 Å². The monoisotopic (exact) mass is 188 g/mol. The molecule has 0 heterocycles.